The lowest BCUT2D eigenvalue weighted by Crippen LogP contribution is -2.29. The summed E-state index contributed by atoms with van der Waals surface area (Å²) >= 11 is 0. The highest BCUT2D eigenvalue weighted by Crippen LogP contribution is 2.32. The summed E-state index contributed by atoms with van der Waals surface area (Å²) in [7, 11) is 0. The molecule has 10 heteroatoms. The number of halogens is 3. The summed E-state index contributed by atoms with van der Waals surface area (Å²) in [5.74, 6) is 0.632. The van der Waals surface area contributed by atoms with Gasteiger partial charge in [0, 0.05) is 33.8 Å². The molecule has 190 valence electrons. The zero-order valence-corrected chi connectivity index (χ0v) is 20.3. The molecule has 2 aromatic carbocycles. The summed E-state index contributed by atoms with van der Waals surface area (Å²) in [5, 5.41) is 9.32. The highest BCUT2D eigenvalue weighted by Gasteiger charge is 2.31. The van der Waals surface area contributed by atoms with Gasteiger partial charge in [0.05, 0.1) is 6.20 Å². The number of hydrogen-bond donors (Lipinski definition) is 2. The summed E-state index contributed by atoms with van der Waals surface area (Å²) in [5.41, 5.74) is 5.66. The average molecular weight is 507 g/mol. The minimum atomic E-state index is -4.78. The second-order valence-corrected chi connectivity index (χ2v) is 9.65. The van der Waals surface area contributed by atoms with E-state index >= 15 is 0 Å². The van der Waals surface area contributed by atoms with Crippen LogP contribution in [0.4, 0.5) is 19.1 Å². The standard InChI is InChI=1S/C27H25F3N6O/c1-15(2)21-14-31-36-25(21)34-24(16-6-5-7-18(12-16)37-27(28,29)30)35-26(36)32-17-10-11-23-20(13-17)19-8-3-4-9-22(19)33-23/h3-9,12,14-15,17,33H,10-11,13H2,1-2H3,(H,32,34,35). The maximum atomic E-state index is 12.8. The van der Waals surface area contributed by atoms with Gasteiger partial charge in [0.25, 0.3) is 0 Å². The molecule has 1 atom stereocenters. The molecular weight excluding hydrogens is 481 g/mol. The summed E-state index contributed by atoms with van der Waals surface area (Å²) in [6, 6.07) is 14.1. The van der Waals surface area contributed by atoms with Gasteiger partial charge in [-0.15, -0.1) is 13.2 Å². The van der Waals surface area contributed by atoms with Crippen molar-refractivity contribution in [3.05, 3.63) is 71.5 Å². The molecule has 2 N–H and O–H groups in total. The van der Waals surface area contributed by atoms with Crippen molar-refractivity contribution in [2.75, 3.05) is 5.32 Å². The SMILES string of the molecule is CC(C)c1cnn2c(NC3CCc4[nH]c5ccccc5c4C3)nc(-c3cccc(OC(F)(F)F)c3)nc12. The summed E-state index contributed by atoms with van der Waals surface area (Å²) in [4.78, 5) is 12.9. The molecule has 0 fully saturated rings. The molecule has 1 aliphatic carbocycles. The largest absolute Gasteiger partial charge is 0.573 e. The molecule has 3 heterocycles. The molecule has 6 rings (SSSR count). The van der Waals surface area contributed by atoms with Crippen molar-refractivity contribution in [2.45, 2.75) is 51.4 Å². The van der Waals surface area contributed by atoms with Gasteiger partial charge in [-0.05, 0) is 48.9 Å². The van der Waals surface area contributed by atoms with Crippen LogP contribution in [0.3, 0.4) is 0 Å². The van der Waals surface area contributed by atoms with E-state index in [2.05, 4.69) is 32.3 Å². The van der Waals surface area contributed by atoms with E-state index in [1.807, 2.05) is 26.0 Å². The number of H-pyrrole nitrogens is 1. The van der Waals surface area contributed by atoms with Gasteiger partial charge in [-0.3, -0.25) is 0 Å². The first-order valence-corrected chi connectivity index (χ1v) is 12.2. The van der Waals surface area contributed by atoms with Crippen molar-refractivity contribution < 1.29 is 17.9 Å². The number of rotatable bonds is 5. The van der Waals surface area contributed by atoms with E-state index in [0.717, 1.165) is 30.3 Å². The predicted molar refractivity (Wildman–Crippen MR) is 135 cm³/mol. The zero-order valence-electron chi connectivity index (χ0n) is 20.3. The van der Waals surface area contributed by atoms with Crippen molar-refractivity contribution in [1.29, 1.82) is 0 Å². The third kappa shape index (κ3) is 4.47. The quantitative estimate of drug-likeness (QED) is 0.294. The number of nitrogens with one attached hydrogen (secondary N) is 2. The van der Waals surface area contributed by atoms with Crippen molar-refractivity contribution in [3.63, 3.8) is 0 Å². The van der Waals surface area contributed by atoms with Crippen LogP contribution in [0, 0.1) is 0 Å². The highest BCUT2D eigenvalue weighted by atomic mass is 19.4. The summed E-state index contributed by atoms with van der Waals surface area (Å²) in [6.07, 6.45) is -0.405. The number of aromatic amines is 1. The lowest BCUT2D eigenvalue weighted by molar-refractivity contribution is -0.274. The van der Waals surface area contributed by atoms with E-state index in [0.29, 0.717) is 23.0 Å². The molecule has 3 aromatic heterocycles. The van der Waals surface area contributed by atoms with E-state index in [-0.39, 0.29) is 17.7 Å². The third-order valence-corrected chi connectivity index (χ3v) is 6.77. The predicted octanol–water partition coefficient (Wildman–Crippen LogP) is 6.26. The molecule has 7 nitrogen and oxygen atoms in total. The molecule has 1 aliphatic rings. The van der Waals surface area contributed by atoms with Crippen LogP contribution in [0.5, 0.6) is 5.75 Å². The Labute approximate surface area is 210 Å². The molecule has 0 aliphatic heterocycles. The van der Waals surface area contributed by atoms with Gasteiger partial charge in [-0.25, -0.2) is 4.98 Å². The first-order chi connectivity index (χ1) is 17.7. The topological polar surface area (TPSA) is 80.1 Å². The molecule has 0 radical (unpaired) electrons. The lowest BCUT2D eigenvalue weighted by Gasteiger charge is -2.24. The number of anilines is 1. The van der Waals surface area contributed by atoms with Gasteiger partial charge in [0.1, 0.15) is 5.75 Å². The van der Waals surface area contributed by atoms with E-state index in [4.69, 9.17) is 9.97 Å². The molecule has 0 saturated heterocycles. The summed E-state index contributed by atoms with van der Waals surface area (Å²) in [6.45, 7) is 4.09. The molecule has 37 heavy (non-hydrogen) atoms. The Balaban J connectivity index is 1.39. The Morgan fingerprint density at radius 3 is 2.76 bits per heavy atom. The van der Waals surface area contributed by atoms with Crippen LogP contribution < -0.4 is 10.1 Å². The van der Waals surface area contributed by atoms with Crippen LogP contribution in [-0.2, 0) is 12.8 Å². The van der Waals surface area contributed by atoms with Gasteiger partial charge in [0.2, 0.25) is 5.95 Å². The molecule has 5 aromatic rings. The molecule has 0 spiro atoms. The number of alkyl halides is 3. The van der Waals surface area contributed by atoms with Crippen LogP contribution in [-0.4, -0.2) is 37.0 Å². The minimum Gasteiger partial charge on any atom is -0.406 e. The number of nitrogens with zero attached hydrogens (tertiary/aromatic N) is 4. The highest BCUT2D eigenvalue weighted by molar-refractivity contribution is 5.85. The van der Waals surface area contributed by atoms with E-state index < -0.39 is 6.36 Å². The fourth-order valence-electron chi connectivity index (χ4n) is 5.03. The maximum Gasteiger partial charge on any atom is 0.573 e. The Bertz CT molecular complexity index is 1600. The number of aryl methyl sites for hydroxylation is 1. The third-order valence-electron chi connectivity index (χ3n) is 6.77. The molecule has 1 unspecified atom stereocenters. The average Bonchev–Trinajstić information content (AvgIpc) is 3.45. The molecule has 0 bridgehead atoms. The number of aromatic nitrogens is 5. The number of para-hydroxylation sites is 1. The fourth-order valence-corrected chi connectivity index (χ4v) is 5.03. The van der Waals surface area contributed by atoms with E-state index in [1.165, 1.54) is 34.8 Å². The number of ether oxygens (including phenoxy) is 1. The number of hydrogen-bond acceptors (Lipinski definition) is 5. The molecular formula is C27H25F3N6O. The van der Waals surface area contributed by atoms with Gasteiger partial charge < -0.3 is 15.0 Å². The van der Waals surface area contributed by atoms with Crippen LogP contribution >= 0.6 is 0 Å². The minimum absolute atomic E-state index is 0.101. The molecule has 0 saturated carbocycles. The Hall–Kier alpha value is -4.08. The Kier molecular flexibility index (Phi) is 5.54. The van der Waals surface area contributed by atoms with Gasteiger partial charge >= 0.3 is 6.36 Å². The van der Waals surface area contributed by atoms with E-state index in [9.17, 15) is 13.2 Å². The van der Waals surface area contributed by atoms with Crippen molar-refractivity contribution in [3.8, 4) is 17.1 Å². The van der Waals surface area contributed by atoms with Crippen LogP contribution in [0.1, 0.15) is 43.0 Å². The first-order valence-electron chi connectivity index (χ1n) is 12.2. The summed E-state index contributed by atoms with van der Waals surface area (Å²) < 4.78 is 44.2. The van der Waals surface area contributed by atoms with Crippen LogP contribution in [0.25, 0.3) is 27.9 Å². The second-order valence-electron chi connectivity index (χ2n) is 9.65. The van der Waals surface area contributed by atoms with Crippen LogP contribution in [0.2, 0.25) is 0 Å². The van der Waals surface area contributed by atoms with Gasteiger partial charge in [-0.2, -0.15) is 14.6 Å². The lowest BCUT2D eigenvalue weighted by atomic mass is 9.91. The number of fused-ring (bicyclic) bond motifs is 4. The smallest absolute Gasteiger partial charge is 0.406 e. The molecule has 0 amide bonds. The first kappa shape index (κ1) is 23.3. The monoisotopic (exact) mass is 506 g/mol. The van der Waals surface area contributed by atoms with Crippen LogP contribution in [0.15, 0.2) is 54.7 Å². The normalized spacial score (nSPS) is 15.9. The Morgan fingerprint density at radius 2 is 1.95 bits per heavy atom. The van der Waals surface area contributed by atoms with Crippen molar-refractivity contribution in [2.24, 2.45) is 0 Å². The van der Waals surface area contributed by atoms with Gasteiger partial charge in [-0.1, -0.05) is 44.2 Å². The maximum absolute atomic E-state index is 12.8. The number of benzene rings is 2. The second kappa shape index (κ2) is 8.79. The van der Waals surface area contributed by atoms with Gasteiger partial charge in [0.15, 0.2) is 11.5 Å². The van der Waals surface area contributed by atoms with E-state index in [1.54, 1.807) is 16.8 Å². The zero-order chi connectivity index (χ0) is 25.7. The van der Waals surface area contributed by atoms with Crippen molar-refractivity contribution >= 4 is 22.5 Å². The Morgan fingerprint density at radius 1 is 1.11 bits per heavy atom. The fraction of sp³-hybridized carbons (Fsp3) is 0.296. The van der Waals surface area contributed by atoms with Crippen molar-refractivity contribution in [1.82, 2.24) is 24.6 Å².